The average molecular weight is 204 g/mol. The van der Waals surface area contributed by atoms with Gasteiger partial charge in [-0.15, -0.1) is 6.42 Å². The molecule has 0 atom stereocenters. The zero-order valence-electron chi connectivity index (χ0n) is 8.47. The lowest BCUT2D eigenvalue weighted by molar-refractivity contribution is 0.0781. The lowest BCUT2D eigenvalue weighted by atomic mass is 10.2. The minimum atomic E-state index is -0.282. The monoisotopic (exact) mass is 204 g/mol. The summed E-state index contributed by atoms with van der Waals surface area (Å²) in [6.07, 6.45) is 7.83. The van der Waals surface area contributed by atoms with E-state index in [9.17, 15) is 9.90 Å². The van der Waals surface area contributed by atoms with E-state index in [-0.39, 0.29) is 23.8 Å². The fourth-order valence-corrected chi connectivity index (χ4v) is 1.17. The molecule has 4 nitrogen and oxygen atoms in total. The van der Waals surface area contributed by atoms with Crippen LogP contribution in [0.4, 0.5) is 0 Å². The largest absolute Gasteiger partial charge is 0.505 e. The Kier molecular flexibility index (Phi) is 3.69. The summed E-state index contributed by atoms with van der Waals surface area (Å²) >= 11 is 0. The smallest absolute Gasteiger partial charge is 0.258 e. The summed E-state index contributed by atoms with van der Waals surface area (Å²) in [7, 11) is 0. The summed E-state index contributed by atoms with van der Waals surface area (Å²) in [6.45, 7) is 2.56. The number of carbonyl (C=O) groups excluding carboxylic acids is 1. The Bertz CT molecular complexity index is 396. The van der Waals surface area contributed by atoms with Gasteiger partial charge in [0.2, 0.25) is 0 Å². The molecule has 0 saturated heterocycles. The standard InChI is InChI=1S/C11H12N2O2/c1-3-7-13(4-2)11(15)9-5-6-12-8-10(9)14/h1,5-6,8,14H,4,7H2,2H3. The number of hydrogen-bond donors (Lipinski definition) is 1. The first-order valence-electron chi connectivity index (χ1n) is 4.56. The van der Waals surface area contributed by atoms with Crippen LogP contribution in [0.5, 0.6) is 5.75 Å². The normalized spacial score (nSPS) is 9.33. The van der Waals surface area contributed by atoms with Crippen LogP contribution in [0.2, 0.25) is 0 Å². The molecule has 0 bridgehead atoms. The maximum Gasteiger partial charge on any atom is 0.258 e. The van der Waals surface area contributed by atoms with Gasteiger partial charge in [-0.3, -0.25) is 9.78 Å². The second kappa shape index (κ2) is 5.01. The molecule has 1 heterocycles. The molecule has 1 rings (SSSR count). The highest BCUT2D eigenvalue weighted by Gasteiger charge is 2.16. The van der Waals surface area contributed by atoms with Gasteiger partial charge >= 0.3 is 0 Å². The van der Waals surface area contributed by atoms with Crippen LogP contribution >= 0.6 is 0 Å². The van der Waals surface area contributed by atoms with E-state index in [1.807, 2.05) is 6.92 Å². The van der Waals surface area contributed by atoms with Crippen molar-refractivity contribution in [1.82, 2.24) is 9.88 Å². The van der Waals surface area contributed by atoms with Crippen molar-refractivity contribution < 1.29 is 9.90 Å². The number of pyridine rings is 1. The van der Waals surface area contributed by atoms with Crippen molar-refractivity contribution >= 4 is 5.91 Å². The van der Waals surface area contributed by atoms with Crippen LogP contribution in [0.25, 0.3) is 0 Å². The highest BCUT2D eigenvalue weighted by molar-refractivity contribution is 5.96. The molecule has 1 N–H and O–H groups in total. The zero-order chi connectivity index (χ0) is 11.3. The number of carbonyl (C=O) groups is 1. The fraction of sp³-hybridized carbons (Fsp3) is 0.273. The molecule has 78 valence electrons. The second-order valence-corrected chi connectivity index (χ2v) is 2.92. The predicted octanol–water partition coefficient (Wildman–Crippen LogP) is 0.883. The van der Waals surface area contributed by atoms with Crippen molar-refractivity contribution in [2.45, 2.75) is 6.92 Å². The zero-order valence-corrected chi connectivity index (χ0v) is 8.47. The first-order chi connectivity index (χ1) is 7.20. The van der Waals surface area contributed by atoms with E-state index in [0.717, 1.165) is 0 Å². The third-order valence-corrected chi connectivity index (χ3v) is 1.98. The van der Waals surface area contributed by atoms with Crippen LogP contribution in [0.3, 0.4) is 0 Å². The van der Waals surface area contributed by atoms with Gasteiger partial charge in [0.1, 0.15) is 5.75 Å². The van der Waals surface area contributed by atoms with E-state index < -0.39 is 0 Å². The van der Waals surface area contributed by atoms with E-state index in [1.165, 1.54) is 23.4 Å². The first-order valence-corrected chi connectivity index (χ1v) is 4.56. The summed E-state index contributed by atoms with van der Waals surface area (Å²) < 4.78 is 0. The second-order valence-electron chi connectivity index (χ2n) is 2.92. The van der Waals surface area contributed by atoms with Gasteiger partial charge in [0.15, 0.2) is 0 Å². The first kappa shape index (κ1) is 11.1. The van der Waals surface area contributed by atoms with Gasteiger partial charge in [0, 0.05) is 12.7 Å². The molecule has 0 aliphatic carbocycles. The number of amides is 1. The Balaban J connectivity index is 2.94. The summed E-state index contributed by atoms with van der Waals surface area (Å²) in [4.78, 5) is 17.0. The van der Waals surface area contributed by atoms with E-state index >= 15 is 0 Å². The van der Waals surface area contributed by atoms with Gasteiger partial charge in [0.05, 0.1) is 18.3 Å². The maximum absolute atomic E-state index is 11.8. The van der Waals surface area contributed by atoms with Gasteiger partial charge in [-0.05, 0) is 13.0 Å². The van der Waals surface area contributed by atoms with Crippen LogP contribution in [0, 0.1) is 12.3 Å². The number of terminal acetylenes is 1. The lowest BCUT2D eigenvalue weighted by Gasteiger charge is -2.18. The number of aromatic nitrogens is 1. The van der Waals surface area contributed by atoms with Gasteiger partial charge in [0.25, 0.3) is 5.91 Å². The molecule has 0 fully saturated rings. The Morgan fingerprint density at radius 1 is 1.73 bits per heavy atom. The number of nitrogens with zero attached hydrogens (tertiary/aromatic N) is 2. The predicted molar refractivity (Wildman–Crippen MR) is 56.3 cm³/mol. The molecule has 0 aliphatic heterocycles. The molecule has 0 unspecified atom stereocenters. The number of hydrogen-bond acceptors (Lipinski definition) is 3. The molecule has 0 spiro atoms. The van der Waals surface area contributed by atoms with E-state index in [0.29, 0.717) is 6.54 Å². The third-order valence-electron chi connectivity index (χ3n) is 1.98. The van der Waals surface area contributed by atoms with Crippen LogP contribution in [-0.4, -0.2) is 34.0 Å². The van der Waals surface area contributed by atoms with E-state index in [4.69, 9.17) is 6.42 Å². The molecular weight excluding hydrogens is 192 g/mol. The SMILES string of the molecule is C#CCN(CC)C(=O)c1ccncc1O. The molecule has 0 aromatic carbocycles. The Morgan fingerprint density at radius 2 is 2.47 bits per heavy atom. The van der Waals surface area contributed by atoms with Crippen molar-refractivity contribution in [2.24, 2.45) is 0 Å². The molecule has 1 aromatic heterocycles. The molecule has 0 radical (unpaired) electrons. The summed E-state index contributed by atoms with van der Waals surface area (Å²) in [5.41, 5.74) is 0.224. The van der Waals surface area contributed by atoms with Crippen molar-refractivity contribution in [1.29, 1.82) is 0 Å². The minimum absolute atomic E-state index is 0.127. The van der Waals surface area contributed by atoms with Crippen LogP contribution in [-0.2, 0) is 0 Å². The molecule has 15 heavy (non-hydrogen) atoms. The van der Waals surface area contributed by atoms with Gasteiger partial charge in [-0.1, -0.05) is 5.92 Å². The molecule has 1 amide bonds. The summed E-state index contributed by atoms with van der Waals surface area (Å²) in [5.74, 6) is 1.99. The van der Waals surface area contributed by atoms with Crippen LogP contribution < -0.4 is 0 Å². The molecule has 1 aromatic rings. The van der Waals surface area contributed by atoms with Crippen molar-refractivity contribution in [3.63, 3.8) is 0 Å². The highest BCUT2D eigenvalue weighted by Crippen LogP contribution is 2.15. The molecule has 0 saturated carbocycles. The summed E-state index contributed by atoms with van der Waals surface area (Å²) in [5, 5.41) is 9.43. The topological polar surface area (TPSA) is 53.4 Å². The quantitative estimate of drug-likeness (QED) is 0.744. The number of aromatic hydroxyl groups is 1. The van der Waals surface area contributed by atoms with Crippen molar-refractivity contribution in [3.8, 4) is 18.1 Å². The molecule has 4 heteroatoms. The summed E-state index contributed by atoms with van der Waals surface area (Å²) in [6, 6.07) is 1.47. The number of rotatable bonds is 3. The van der Waals surface area contributed by atoms with Crippen molar-refractivity contribution in [2.75, 3.05) is 13.1 Å². The lowest BCUT2D eigenvalue weighted by Crippen LogP contribution is -2.31. The van der Waals surface area contributed by atoms with E-state index in [2.05, 4.69) is 10.9 Å². The molecule has 0 aliphatic rings. The fourth-order valence-electron chi connectivity index (χ4n) is 1.17. The average Bonchev–Trinajstić information content (AvgIpc) is 2.25. The third kappa shape index (κ3) is 2.47. The minimum Gasteiger partial charge on any atom is -0.505 e. The van der Waals surface area contributed by atoms with Gasteiger partial charge in [-0.2, -0.15) is 0 Å². The molecular formula is C11H12N2O2. The van der Waals surface area contributed by atoms with Crippen molar-refractivity contribution in [3.05, 3.63) is 24.0 Å². The Labute approximate surface area is 88.6 Å². The maximum atomic E-state index is 11.8. The Morgan fingerprint density at radius 3 is 3.00 bits per heavy atom. The Hall–Kier alpha value is -2.02. The van der Waals surface area contributed by atoms with Crippen LogP contribution in [0.15, 0.2) is 18.5 Å². The van der Waals surface area contributed by atoms with Gasteiger partial charge in [-0.25, -0.2) is 0 Å². The van der Waals surface area contributed by atoms with E-state index in [1.54, 1.807) is 0 Å². The van der Waals surface area contributed by atoms with Gasteiger partial charge < -0.3 is 10.0 Å². The highest BCUT2D eigenvalue weighted by atomic mass is 16.3. The van der Waals surface area contributed by atoms with Crippen LogP contribution in [0.1, 0.15) is 17.3 Å².